The molecule has 116 valence electrons. The molecule has 3 unspecified atom stereocenters. The number of nitrogens with zero attached hydrogens (tertiary/aromatic N) is 1. The zero-order valence-corrected chi connectivity index (χ0v) is 14.2. The van der Waals surface area contributed by atoms with Gasteiger partial charge in [0.1, 0.15) is 0 Å². The van der Waals surface area contributed by atoms with E-state index in [2.05, 4.69) is 65.5 Å². The molecule has 21 heavy (non-hydrogen) atoms. The molecule has 1 aliphatic carbocycles. The molecule has 1 aromatic carbocycles. The molecule has 3 rings (SSSR count). The second-order valence-corrected chi connectivity index (χ2v) is 7.91. The van der Waals surface area contributed by atoms with E-state index in [0.29, 0.717) is 0 Å². The van der Waals surface area contributed by atoms with Crippen molar-refractivity contribution in [2.45, 2.75) is 49.4 Å². The zero-order valence-electron chi connectivity index (χ0n) is 13.3. The zero-order chi connectivity index (χ0) is 14.7. The first kappa shape index (κ1) is 15.4. The molecule has 1 aliphatic heterocycles. The Morgan fingerprint density at radius 2 is 2.05 bits per heavy atom. The van der Waals surface area contributed by atoms with Crippen LogP contribution in [0.15, 0.2) is 30.3 Å². The van der Waals surface area contributed by atoms with Crippen LogP contribution in [0.5, 0.6) is 0 Å². The summed E-state index contributed by atoms with van der Waals surface area (Å²) in [6.07, 6.45) is 7.87. The van der Waals surface area contributed by atoms with Crippen LogP contribution in [0.3, 0.4) is 0 Å². The van der Waals surface area contributed by atoms with E-state index in [1.54, 1.807) is 0 Å². The van der Waals surface area contributed by atoms with E-state index < -0.39 is 0 Å². The maximum Gasteiger partial charge on any atom is 0.0535 e. The molecular formula is C18H28N2S. The predicted octanol–water partition coefficient (Wildman–Crippen LogP) is 3.48. The minimum Gasteiger partial charge on any atom is -0.305 e. The molecule has 1 N–H and O–H groups in total. The van der Waals surface area contributed by atoms with Crippen molar-refractivity contribution in [3.8, 4) is 0 Å². The van der Waals surface area contributed by atoms with Crippen LogP contribution in [0.2, 0.25) is 0 Å². The molecule has 0 bridgehead atoms. The van der Waals surface area contributed by atoms with Gasteiger partial charge >= 0.3 is 0 Å². The summed E-state index contributed by atoms with van der Waals surface area (Å²) in [6, 6.07) is 11.8. The Kier molecular flexibility index (Phi) is 4.92. The van der Waals surface area contributed by atoms with Crippen LogP contribution < -0.4 is 5.32 Å². The Morgan fingerprint density at radius 3 is 2.81 bits per heavy atom. The molecule has 1 saturated heterocycles. The van der Waals surface area contributed by atoms with Gasteiger partial charge in [0.25, 0.3) is 0 Å². The van der Waals surface area contributed by atoms with Gasteiger partial charge in [0.05, 0.1) is 5.54 Å². The lowest BCUT2D eigenvalue weighted by atomic mass is 9.86. The summed E-state index contributed by atoms with van der Waals surface area (Å²) >= 11 is 2.07. The van der Waals surface area contributed by atoms with E-state index in [9.17, 15) is 0 Å². The lowest BCUT2D eigenvalue weighted by Gasteiger charge is -2.47. The largest absolute Gasteiger partial charge is 0.305 e. The summed E-state index contributed by atoms with van der Waals surface area (Å²) in [5.41, 5.74) is 1.53. The average Bonchev–Trinajstić information content (AvgIpc) is 2.56. The van der Waals surface area contributed by atoms with Crippen molar-refractivity contribution in [1.29, 1.82) is 0 Å². The summed E-state index contributed by atoms with van der Waals surface area (Å²) in [6.45, 7) is 5.81. The Morgan fingerprint density at radius 1 is 1.24 bits per heavy atom. The third-order valence-electron chi connectivity index (χ3n) is 5.29. The second kappa shape index (κ2) is 6.72. The first-order chi connectivity index (χ1) is 10.2. The van der Waals surface area contributed by atoms with E-state index in [1.807, 2.05) is 0 Å². The number of nitrogens with one attached hydrogen (secondary N) is 1. The molecule has 3 atom stereocenters. The fourth-order valence-electron chi connectivity index (χ4n) is 3.99. The highest BCUT2D eigenvalue weighted by molar-refractivity contribution is 7.99. The summed E-state index contributed by atoms with van der Waals surface area (Å²) in [4.78, 5) is 2.76. The molecule has 1 heterocycles. The third kappa shape index (κ3) is 3.46. The van der Waals surface area contributed by atoms with Gasteiger partial charge in [-0.2, -0.15) is 11.8 Å². The molecule has 2 aliphatic rings. The van der Waals surface area contributed by atoms with Gasteiger partial charge in [-0.1, -0.05) is 36.8 Å². The van der Waals surface area contributed by atoms with Gasteiger partial charge in [-0.15, -0.1) is 0 Å². The van der Waals surface area contributed by atoms with Gasteiger partial charge in [-0.3, -0.25) is 4.90 Å². The van der Waals surface area contributed by atoms with E-state index >= 15 is 0 Å². The van der Waals surface area contributed by atoms with Crippen LogP contribution in [-0.4, -0.2) is 42.1 Å². The minimum atomic E-state index is 0.103. The van der Waals surface area contributed by atoms with Crippen molar-refractivity contribution < 1.29 is 0 Å². The summed E-state index contributed by atoms with van der Waals surface area (Å²) in [7, 11) is 0. The predicted molar refractivity (Wildman–Crippen MR) is 92.9 cm³/mol. The lowest BCUT2D eigenvalue weighted by molar-refractivity contribution is 0.0810. The molecule has 0 aromatic heterocycles. The van der Waals surface area contributed by atoms with Crippen LogP contribution in [0.1, 0.15) is 38.2 Å². The highest BCUT2D eigenvalue weighted by Crippen LogP contribution is 2.33. The Balaban J connectivity index is 1.71. The van der Waals surface area contributed by atoms with Crippen LogP contribution in [0.25, 0.3) is 0 Å². The Hall–Kier alpha value is -0.510. The average molecular weight is 305 g/mol. The Labute approximate surface area is 133 Å². The summed E-state index contributed by atoms with van der Waals surface area (Å²) in [5.74, 6) is 0. The van der Waals surface area contributed by atoms with Crippen molar-refractivity contribution in [1.82, 2.24) is 10.2 Å². The second-order valence-electron chi connectivity index (χ2n) is 6.77. The van der Waals surface area contributed by atoms with Crippen molar-refractivity contribution in [3.63, 3.8) is 0 Å². The van der Waals surface area contributed by atoms with E-state index in [1.165, 1.54) is 37.8 Å². The monoisotopic (exact) mass is 304 g/mol. The maximum atomic E-state index is 3.76. The Bertz CT molecular complexity index is 450. The van der Waals surface area contributed by atoms with Crippen LogP contribution in [-0.2, 0) is 5.54 Å². The lowest BCUT2D eigenvalue weighted by Crippen LogP contribution is -2.59. The van der Waals surface area contributed by atoms with E-state index in [-0.39, 0.29) is 5.54 Å². The van der Waals surface area contributed by atoms with Crippen LogP contribution in [0, 0.1) is 0 Å². The first-order valence-corrected chi connectivity index (χ1v) is 9.57. The number of hydrogen-bond acceptors (Lipinski definition) is 3. The number of benzene rings is 1. The third-order valence-corrected chi connectivity index (χ3v) is 6.39. The number of rotatable bonds is 3. The normalized spacial score (nSPS) is 34.8. The molecule has 1 aromatic rings. The molecule has 2 nitrogen and oxygen atoms in total. The van der Waals surface area contributed by atoms with Crippen molar-refractivity contribution in [2.24, 2.45) is 0 Å². The molecule has 3 heteroatoms. The van der Waals surface area contributed by atoms with Crippen molar-refractivity contribution >= 4 is 11.8 Å². The van der Waals surface area contributed by atoms with Gasteiger partial charge in [-0.05, 0) is 38.0 Å². The van der Waals surface area contributed by atoms with Crippen LogP contribution >= 0.6 is 11.8 Å². The minimum absolute atomic E-state index is 0.103. The molecular weight excluding hydrogens is 276 g/mol. The SMILES string of the molecule is CSC1CCCC(N2CCNC(C)(c3ccccc3)C2)C1. The first-order valence-electron chi connectivity index (χ1n) is 8.29. The molecule has 0 radical (unpaired) electrons. The fourth-order valence-corrected chi connectivity index (χ4v) is 4.81. The number of thioether (sulfide) groups is 1. The quantitative estimate of drug-likeness (QED) is 0.920. The highest BCUT2D eigenvalue weighted by atomic mass is 32.2. The standard InChI is InChI=1S/C18H28N2S/c1-18(15-7-4-3-5-8-15)14-20(12-11-19-18)16-9-6-10-17(13-16)21-2/h3-5,7-8,16-17,19H,6,9-14H2,1-2H3. The topological polar surface area (TPSA) is 15.3 Å². The van der Waals surface area contributed by atoms with Gasteiger partial charge in [0, 0.05) is 30.9 Å². The van der Waals surface area contributed by atoms with Crippen molar-refractivity contribution in [2.75, 3.05) is 25.9 Å². The number of hydrogen-bond donors (Lipinski definition) is 1. The summed E-state index contributed by atoms with van der Waals surface area (Å²) < 4.78 is 0. The van der Waals surface area contributed by atoms with E-state index in [4.69, 9.17) is 0 Å². The number of piperazine rings is 1. The van der Waals surface area contributed by atoms with Crippen LogP contribution in [0.4, 0.5) is 0 Å². The highest BCUT2D eigenvalue weighted by Gasteiger charge is 2.36. The van der Waals surface area contributed by atoms with Gasteiger partial charge in [0.15, 0.2) is 0 Å². The molecule has 1 saturated carbocycles. The molecule has 0 spiro atoms. The fraction of sp³-hybridized carbons (Fsp3) is 0.667. The van der Waals surface area contributed by atoms with Gasteiger partial charge in [0.2, 0.25) is 0 Å². The van der Waals surface area contributed by atoms with Gasteiger partial charge in [-0.25, -0.2) is 0 Å². The van der Waals surface area contributed by atoms with Crippen molar-refractivity contribution in [3.05, 3.63) is 35.9 Å². The smallest absolute Gasteiger partial charge is 0.0535 e. The molecule has 0 amide bonds. The molecule has 2 fully saturated rings. The maximum absolute atomic E-state index is 3.76. The van der Waals surface area contributed by atoms with Gasteiger partial charge < -0.3 is 5.32 Å². The van der Waals surface area contributed by atoms with E-state index in [0.717, 1.165) is 24.4 Å². The summed E-state index contributed by atoms with van der Waals surface area (Å²) in [5, 5.41) is 4.64.